The highest BCUT2D eigenvalue weighted by Crippen LogP contribution is 2.39. The van der Waals surface area contributed by atoms with Gasteiger partial charge in [0, 0.05) is 80.5 Å². The Bertz CT molecular complexity index is 1640. The lowest BCUT2D eigenvalue weighted by Gasteiger charge is -2.35. The van der Waals surface area contributed by atoms with Crippen molar-refractivity contribution in [1.29, 1.82) is 0 Å². The van der Waals surface area contributed by atoms with Gasteiger partial charge in [-0.05, 0) is 37.1 Å². The summed E-state index contributed by atoms with van der Waals surface area (Å²) in [6, 6.07) is 5.13. The number of alkyl halides is 1. The van der Waals surface area contributed by atoms with E-state index in [2.05, 4.69) is 25.5 Å². The standard InChI is InChI=1S/C28H32F2N8O2S/c29-23-16-22(1-4-28(23,30)19-36-11-13-41(39,40)14-12-36)38-9-3-20-17-32-26(35-25(20)38)34-21-2-7-31-24(15-21)37-10-8-33-27(18-37)5-6-27/h1-4,7,9,15-17,22,33H,5-6,8,10-14,18-19H2,(H,31,32,34,35). The molecular formula is C28H32F2N8O2S. The quantitative estimate of drug-likeness (QED) is 0.424. The van der Waals surface area contributed by atoms with Crippen LogP contribution in [0.2, 0.25) is 0 Å². The van der Waals surface area contributed by atoms with E-state index in [1.54, 1.807) is 34.1 Å². The minimum atomic E-state index is -3.10. The van der Waals surface area contributed by atoms with E-state index in [1.807, 2.05) is 18.2 Å². The first kappa shape index (κ1) is 26.5. The van der Waals surface area contributed by atoms with Crippen LogP contribution in [0.3, 0.4) is 0 Å². The second kappa shape index (κ2) is 9.85. The Kier molecular flexibility index (Phi) is 6.36. The van der Waals surface area contributed by atoms with Gasteiger partial charge in [-0.15, -0.1) is 0 Å². The van der Waals surface area contributed by atoms with Crippen molar-refractivity contribution >= 4 is 38.3 Å². The van der Waals surface area contributed by atoms with E-state index >= 15 is 8.78 Å². The minimum Gasteiger partial charge on any atom is -0.353 e. The molecule has 1 saturated carbocycles. The summed E-state index contributed by atoms with van der Waals surface area (Å²) in [5.41, 5.74) is -0.665. The number of hydrogen-bond acceptors (Lipinski definition) is 9. The summed E-state index contributed by atoms with van der Waals surface area (Å²) in [5, 5.41) is 7.66. The summed E-state index contributed by atoms with van der Waals surface area (Å²) in [5.74, 6) is 0.323. The molecule has 4 aliphatic rings. The molecule has 2 unspecified atom stereocenters. The highest BCUT2D eigenvalue weighted by Gasteiger charge is 2.45. The fourth-order valence-corrected chi connectivity index (χ4v) is 7.16. The molecule has 3 aromatic heterocycles. The molecule has 3 fully saturated rings. The maximum Gasteiger partial charge on any atom is 0.229 e. The lowest BCUT2D eigenvalue weighted by atomic mass is 9.95. The molecule has 10 nitrogen and oxygen atoms in total. The molecule has 2 saturated heterocycles. The maximum absolute atomic E-state index is 15.6. The highest BCUT2D eigenvalue weighted by molar-refractivity contribution is 7.91. The number of aromatic nitrogens is 4. The topological polar surface area (TPSA) is 108 Å². The van der Waals surface area contributed by atoms with Gasteiger partial charge in [-0.2, -0.15) is 4.98 Å². The number of fused-ring (bicyclic) bond motifs is 1. The van der Waals surface area contributed by atoms with Crippen molar-refractivity contribution in [2.24, 2.45) is 0 Å². The molecule has 2 atom stereocenters. The van der Waals surface area contributed by atoms with Crippen LogP contribution < -0.4 is 15.5 Å². The highest BCUT2D eigenvalue weighted by atomic mass is 32.2. The van der Waals surface area contributed by atoms with Crippen LogP contribution in [0.5, 0.6) is 0 Å². The Labute approximate surface area is 237 Å². The second-order valence-electron chi connectivity index (χ2n) is 11.5. The SMILES string of the molecule is O=S1(=O)CCN(CC2(F)C=CC(n3ccc4cnc(Nc5ccnc(N6CCNC7(CC7)C6)c5)nc43)C=C2F)CC1. The number of nitrogens with zero attached hydrogens (tertiary/aromatic N) is 6. The first-order chi connectivity index (χ1) is 19.7. The molecule has 7 rings (SSSR count). The van der Waals surface area contributed by atoms with Gasteiger partial charge in [0.15, 0.2) is 15.5 Å². The summed E-state index contributed by atoms with van der Waals surface area (Å²) in [7, 11) is -3.10. The van der Waals surface area contributed by atoms with Gasteiger partial charge in [-0.25, -0.2) is 27.2 Å². The number of sulfone groups is 1. The predicted octanol–water partition coefficient (Wildman–Crippen LogP) is 2.92. The van der Waals surface area contributed by atoms with Crippen LogP contribution >= 0.6 is 0 Å². The summed E-state index contributed by atoms with van der Waals surface area (Å²) in [4.78, 5) is 17.7. The van der Waals surface area contributed by atoms with E-state index in [1.165, 1.54) is 25.0 Å². The molecule has 0 bridgehead atoms. The number of pyridine rings is 1. The fourth-order valence-electron chi connectivity index (χ4n) is 5.88. The van der Waals surface area contributed by atoms with E-state index in [4.69, 9.17) is 4.98 Å². The van der Waals surface area contributed by atoms with Crippen LogP contribution in [-0.2, 0) is 9.84 Å². The molecule has 1 spiro atoms. The lowest BCUT2D eigenvalue weighted by Crippen LogP contribution is -2.52. The van der Waals surface area contributed by atoms with Crippen molar-refractivity contribution in [3.05, 3.63) is 60.8 Å². The normalized spacial score (nSPS) is 27.2. The molecule has 13 heteroatoms. The van der Waals surface area contributed by atoms with Gasteiger partial charge in [0.05, 0.1) is 17.5 Å². The van der Waals surface area contributed by atoms with E-state index in [0.29, 0.717) is 11.6 Å². The van der Waals surface area contributed by atoms with Gasteiger partial charge in [0.25, 0.3) is 0 Å². The molecule has 2 aliphatic carbocycles. The zero-order valence-electron chi connectivity index (χ0n) is 22.5. The van der Waals surface area contributed by atoms with E-state index in [9.17, 15) is 8.42 Å². The van der Waals surface area contributed by atoms with Gasteiger partial charge in [-0.3, -0.25) is 4.90 Å². The Morgan fingerprint density at radius 1 is 1.15 bits per heavy atom. The number of nitrogens with one attached hydrogen (secondary N) is 2. The van der Waals surface area contributed by atoms with Crippen molar-refractivity contribution < 1.29 is 17.2 Å². The first-order valence-corrected chi connectivity index (χ1v) is 15.8. The number of allylic oxidation sites excluding steroid dienone is 2. The summed E-state index contributed by atoms with van der Waals surface area (Å²) in [6.07, 6.45) is 11.8. The number of rotatable bonds is 6. The third-order valence-electron chi connectivity index (χ3n) is 8.49. The molecule has 0 aromatic carbocycles. The summed E-state index contributed by atoms with van der Waals surface area (Å²) < 4.78 is 56.0. The molecule has 2 N–H and O–H groups in total. The molecule has 41 heavy (non-hydrogen) atoms. The van der Waals surface area contributed by atoms with Crippen LogP contribution in [0.4, 0.5) is 26.2 Å². The average Bonchev–Trinajstić information content (AvgIpc) is 3.56. The Hall–Kier alpha value is -3.42. The zero-order chi connectivity index (χ0) is 28.2. The smallest absolute Gasteiger partial charge is 0.229 e. The van der Waals surface area contributed by atoms with Gasteiger partial charge in [0.1, 0.15) is 17.3 Å². The molecular weight excluding hydrogens is 550 g/mol. The van der Waals surface area contributed by atoms with Gasteiger partial charge < -0.3 is 20.1 Å². The number of hydrogen-bond donors (Lipinski definition) is 2. The Balaban J connectivity index is 1.07. The van der Waals surface area contributed by atoms with Gasteiger partial charge >= 0.3 is 0 Å². The van der Waals surface area contributed by atoms with Crippen molar-refractivity contribution in [2.45, 2.75) is 30.1 Å². The van der Waals surface area contributed by atoms with E-state index in [0.717, 1.165) is 36.5 Å². The third kappa shape index (κ3) is 5.33. The molecule has 216 valence electrons. The number of anilines is 3. The van der Waals surface area contributed by atoms with Crippen molar-refractivity contribution in [2.75, 3.05) is 61.0 Å². The van der Waals surface area contributed by atoms with Crippen LogP contribution in [0.25, 0.3) is 11.0 Å². The molecule has 0 amide bonds. The summed E-state index contributed by atoms with van der Waals surface area (Å²) >= 11 is 0. The molecule has 0 radical (unpaired) electrons. The number of halogens is 2. The van der Waals surface area contributed by atoms with Crippen LogP contribution in [-0.4, -0.2) is 94.8 Å². The van der Waals surface area contributed by atoms with E-state index < -0.39 is 27.4 Å². The number of piperazine rings is 1. The van der Waals surface area contributed by atoms with Crippen molar-refractivity contribution in [1.82, 2.24) is 29.7 Å². The zero-order valence-corrected chi connectivity index (χ0v) is 23.3. The van der Waals surface area contributed by atoms with Crippen LogP contribution in [0, 0.1) is 0 Å². The largest absolute Gasteiger partial charge is 0.353 e. The third-order valence-corrected chi connectivity index (χ3v) is 10.1. The Morgan fingerprint density at radius 2 is 1.98 bits per heavy atom. The Morgan fingerprint density at radius 3 is 2.76 bits per heavy atom. The molecule has 3 aromatic rings. The van der Waals surface area contributed by atoms with Crippen molar-refractivity contribution in [3.8, 4) is 0 Å². The van der Waals surface area contributed by atoms with Crippen molar-refractivity contribution in [3.63, 3.8) is 0 Å². The first-order valence-electron chi connectivity index (χ1n) is 13.9. The predicted molar refractivity (Wildman–Crippen MR) is 154 cm³/mol. The van der Waals surface area contributed by atoms with Gasteiger partial charge in [0.2, 0.25) is 5.95 Å². The lowest BCUT2D eigenvalue weighted by molar-refractivity contribution is 0.145. The fraction of sp³-hybridized carbons (Fsp3) is 0.464. The maximum atomic E-state index is 15.6. The molecule has 2 aliphatic heterocycles. The van der Waals surface area contributed by atoms with Gasteiger partial charge in [-0.1, -0.05) is 6.08 Å². The second-order valence-corrected chi connectivity index (χ2v) is 13.8. The van der Waals surface area contributed by atoms with Crippen LogP contribution in [0.15, 0.2) is 60.8 Å². The van der Waals surface area contributed by atoms with Crippen LogP contribution in [0.1, 0.15) is 18.9 Å². The average molecular weight is 583 g/mol. The molecule has 5 heterocycles. The monoisotopic (exact) mass is 582 g/mol. The minimum absolute atomic E-state index is 0.0383. The summed E-state index contributed by atoms with van der Waals surface area (Å²) in [6.45, 7) is 2.95. The van der Waals surface area contributed by atoms with E-state index in [-0.39, 0.29) is 36.7 Å².